The quantitative estimate of drug-likeness (QED) is 0.151. The summed E-state index contributed by atoms with van der Waals surface area (Å²) in [4.78, 5) is 0. The second-order valence-corrected chi connectivity index (χ2v) is 22.0. The number of hydrogen-bond donors (Lipinski definition) is 0. The molecule has 7 aliphatic carbocycles. The molecule has 338 valence electrons. The van der Waals surface area contributed by atoms with E-state index < -0.39 is 0 Å². The topological polar surface area (TPSA) is 0 Å². The molecule has 7 aromatic carbocycles. The van der Waals surface area contributed by atoms with Crippen molar-refractivity contribution in [1.82, 2.24) is 0 Å². The van der Waals surface area contributed by atoms with Gasteiger partial charge in [-0.2, -0.15) is 0 Å². The SMILES string of the molecule is CC1(C)C2=C(CCC(c3c4ccccc4c(C4=CC=C(c5ccc6c(c5)C(C)(C)c5cc(C7=c8ccccc8=C(C8=CC=CCC8)C8C=CC=CC78)ccc5-6)CC4)c4ccccc34)=C2)c2ccccc21. The molecule has 2 atom stereocenters. The number of rotatable bonds is 5. The van der Waals surface area contributed by atoms with Gasteiger partial charge in [-0.1, -0.05) is 210 Å². The predicted molar refractivity (Wildman–Crippen MR) is 298 cm³/mol. The molecule has 0 aliphatic heterocycles. The van der Waals surface area contributed by atoms with Gasteiger partial charge in [0.05, 0.1) is 0 Å². The van der Waals surface area contributed by atoms with Gasteiger partial charge in [0.1, 0.15) is 0 Å². The van der Waals surface area contributed by atoms with E-state index in [1.54, 1.807) is 5.57 Å². The van der Waals surface area contributed by atoms with Crippen LogP contribution in [0.25, 0.3) is 66.1 Å². The third-order valence-electron chi connectivity index (χ3n) is 17.6. The maximum Gasteiger partial charge on any atom is 0.0159 e. The highest BCUT2D eigenvalue weighted by Crippen LogP contribution is 2.55. The minimum absolute atomic E-state index is 0.00672. The molecule has 0 N–H and O–H groups in total. The van der Waals surface area contributed by atoms with E-state index in [9.17, 15) is 0 Å². The zero-order valence-electron chi connectivity index (χ0n) is 40.9. The lowest BCUT2D eigenvalue weighted by Gasteiger charge is -2.35. The highest BCUT2D eigenvalue weighted by molar-refractivity contribution is 6.17. The molecule has 0 amide bonds. The van der Waals surface area contributed by atoms with Gasteiger partial charge in [-0.25, -0.2) is 0 Å². The number of allylic oxidation sites excluding steroid dienone is 16. The van der Waals surface area contributed by atoms with Crippen LogP contribution in [0.5, 0.6) is 0 Å². The monoisotopic (exact) mass is 898 g/mol. The van der Waals surface area contributed by atoms with Gasteiger partial charge in [0, 0.05) is 22.7 Å². The lowest BCUT2D eigenvalue weighted by atomic mass is 9.69. The Labute approximate surface area is 413 Å². The molecule has 70 heavy (non-hydrogen) atoms. The molecule has 0 saturated heterocycles. The average molecular weight is 899 g/mol. The van der Waals surface area contributed by atoms with Gasteiger partial charge >= 0.3 is 0 Å². The van der Waals surface area contributed by atoms with Gasteiger partial charge in [-0.05, 0) is 183 Å². The van der Waals surface area contributed by atoms with Gasteiger partial charge in [0.2, 0.25) is 0 Å². The van der Waals surface area contributed by atoms with Gasteiger partial charge < -0.3 is 0 Å². The summed E-state index contributed by atoms with van der Waals surface area (Å²) in [5, 5.41) is 8.26. The lowest BCUT2D eigenvalue weighted by molar-refractivity contribution is 0.652. The normalized spacial score (nSPS) is 21.1. The van der Waals surface area contributed by atoms with Crippen molar-refractivity contribution in [2.75, 3.05) is 0 Å². The largest absolute Gasteiger partial charge is 0.0842 e. The molecule has 0 radical (unpaired) electrons. The standard InChI is InChI=1S/C70H58/c1-69(2)61-29-17-16-20-49(61)50-38-35-47(41-63(50)69)67-59-27-14-10-23-55(59)66(56-24-11-15-28-60(56)67)45-32-30-43(31-33-45)46-34-37-51-52-39-36-48(42-64(52)70(3,4)62(51)40-46)68-57-25-12-8-21-53(57)65(44-18-6-5-7-19-44)54-22-9-13-26-58(54)68/h5-6,8-18,20-30,32,34,36-37,39-42,53,57H,7,19,31,33,35,38H2,1-4H3. The van der Waals surface area contributed by atoms with E-state index in [1.165, 1.54) is 127 Å². The molecule has 0 nitrogen and oxygen atoms in total. The third kappa shape index (κ3) is 6.08. The molecule has 7 aromatic rings. The first kappa shape index (κ1) is 41.7. The average Bonchev–Trinajstić information content (AvgIpc) is 3.77. The number of benzene rings is 7. The summed E-state index contributed by atoms with van der Waals surface area (Å²) in [6.07, 6.45) is 30.2. The maximum atomic E-state index is 2.58. The highest BCUT2D eigenvalue weighted by atomic mass is 14.4. The Balaban J connectivity index is 0.828. The summed E-state index contributed by atoms with van der Waals surface area (Å²) < 4.78 is 0. The van der Waals surface area contributed by atoms with Crippen LogP contribution in [0.1, 0.15) is 111 Å². The van der Waals surface area contributed by atoms with Gasteiger partial charge in [-0.3, -0.25) is 0 Å². The number of hydrogen-bond acceptors (Lipinski definition) is 0. The molecule has 0 aromatic heterocycles. The zero-order valence-corrected chi connectivity index (χ0v) is 40.9. The Hall–Kier alpha value is -7.28. The first-order valence-electron chi connectivity index (χ1n) is 26.0. The summed E-state index contributed by atoms with van der Waals surface area (Å²) in [6.45, 7) is 9.74. The van der Waals surface area contributed by atoms with E-state index in [-0.39, 0.29) is 10.8 Å². The fourth-order valence-electron chi connectivity index (χ4n) is 14.2. The van der Waals surface area contributed by atoms with Crippen LogP contribution in [0.2, 0.25) is 0 Å². The molecule has 2 unspecified atom stereocenters. The Bertz CT molecular complexity index is 3810. The predicted octanol–water partition coefficient (Wildman–Crippen LogP) is 16.5. The van der Waals surface area contributed by atoms with E-state index >= 15 is 0 Å². The van der Waals surface area contributed by atoms with E-state index in [2.05, 4.69) is 222 Å². The lowest BCUT2D eigenvalue weighted by Crippen LogP contribution is -2.40. The molecular formula is C70H58. The number of fused-ring (bicyclic) bond motifs is 9. The van der Waals surface area contributed by atoms with Crippen molar-refractivity contribution in [3.8, 4) is 11.1 Å². The highest BCUT2D eigenvalue weighted by Gasteiger charge is 2.40. The van der Waals surface area contributed by atoms with Crippen LogP contribution in [-0.2, 0) is 10.8 Å². The van der Waals surface area contributed by atoms with Crippen molar-refractivity contribution >= 4 is 55.0 Å². The fourth-order valence-corrected chi connectivity index (χ4v) is 14.2. The minimum Gasteiger partial charge on any atom is -0.0842 e. The van der Waals surface area contributed by atoms with Crippen molar-refractivity contribution in [2.24, 2.45) is 11.8 Å². The molecule has 0 spiro atoms. The Morgan fingerprint density at radius 2 is 0.971 bits per heavy atom. The Morgan fingerprint density at radius 1 is 0.414 bits per heavy atom. The molecule has 14 rings (SSSR count). The minimum atomic E-state index is -0.136. The van der Waals surface area contributed by atoms with Crippen molar-refractivity contribution < 1.29 is 0 Å². The van der Waals surface area contributed by atoms with Crippen LogP contribution in [0.4, 0.5) is 0 Å². The Morgan fingerprint density at radius 3 is 1.63 bits per heavy atom. The van der Waals surface area contributed by atoms with Gasteiger partial charge in [-0.15, -0.1) is 0 Å². The summed E-state index contributed by atoms with van der Waals surface area (Å²) in [7, 11) is 0. The molecule has 0 fully saturated rings. The van der Waals surface area contributed by atoms with Crippen LogP contribution in [-0.4, -0.2) is 0 Å². The third-order valence-corrected chi connectivity index (χ3v) is 17.6. The van der Waals surface area contributed by atoms with E-state index in [0.29, 0.717) is 11.8 Å². The van der Waals surface area contributed by atoms with Crippen molar-refractivity contribution in [3.63, 3.8) is 0 Å². The van der Waals surface area contributed by atoms with E-state index in [0.717, 1.165) is 38.5 Å². The zero-order chi connectivity index (χ0) is 46.9. The second kappa shape index (κ2) is 15.6. The summed E-state index contributed by atoms with van der Waals surface area (Å²) >= 11 is 0. The summed E-state index contributed by atoms with van der Waals surface area (Å²) in [6, 6.07) is 51.6. The fraction of sp³-hybridized carbons (Fsp3) is 0.200. The molecule has 0 heterocycles. The molecule has 7 aliphatic rings. The van der Waals surface area contributed by atoms with E-state index in [4.69, 9.17) is 0 Å². The second-order valence-electron chi connectivity index (χ2n) is 22.0. The van der Waals surface area contributed by atoms with Crippen LogP contribution < -0.4 is 10.4 Å². The van der Waals surface area contributed by atoms with Crippen LogP contribution in [0, 0.1) is 11.8 Å². The van der Waals surface area contributed by atoms with E-state index in [1.807, 2.05) is 0 Å². The van der Waals surface area contributed by atoms with Gasteiger partial charge in [0.15, 0.2) is 0 Å². The van der Waals surface area contributed by atoms with Crippen LogP contribution >= 0.6 is 0 Å². The molecule has 0 heteroatoms. The maximum absolute atomic E-state index is 2.58. The first-order chi connectivity index (χ1) is 34.3. The smallest absolute Gasteiger partial charge is 0.0159 e. The van der Waals surface area contributed by atoms with Crippen molar-refractivity contribution in [1.29, 1.82) is 0 Å². The first-order valence-corrected chi connectivity index (χ1v) is 26.0. The van der Waals surface area contributed by atoms with Crippen molar-refractivity contribution in [3.05, 3.63) is 260 Å². The van der Waals surface area contributed by atoms with Crippen molar-refractivity contribution in [2.45, 2.75) is 77.0 Å². The molecular weight excluding hydrogens is 841 g/mol. The summed E-state index contributed by atoms with van der Waals surface area (Å²) in [5.41, 5.74) is 25.8. The van der Waals surface area contributed by atoms with Crippen LogP contribution in [0.3, 0.4) is 0 Å². The summed E-state index contributed by atoms with van der Waals surface area (Å²) in [5.74, 6) is 0.621. The Kier molecular flexibility index (Phi) is 9.30. The van der Waals surface area contributed by atoms with Crippen LogP contribution in [0.15, 0.2) is 205 Å². The van der Waals surface area contributed by atoms with Gasteiger partial charge in [0.25, 0.3) is 0 Å². The molecule has 0 bridgehead atoms. The molecule has 0 saturated carbocycles.